The van der Waals surface area contributed by atoms with Gasteiger partial charge in [-0.3, -0.25) is 4.90 Å². The van der Waals surface area contributed by atoms with E-state index in [-0.39, 0.29) is 0 Å². The molecule has 21 heavy (non-hydrogen) atoms. The van der Waals surface area contributed by atoms with Gasteiger partial charge in [0.2, 0.25) is 11.8 Å². The van der Waals surface area contributed by atoms with Crippen LogP contribution in [0.2, 0.25) is 0 Å². The molecule has 4 rings (SSSR count). The van der Waals surface area contributed by atoms with Gasteiger partial charge in [-0.1, -0.05) is 17.7 Å². The average Bonchev–Trinajstić information content (AvgIpc) is 3.16. The zero-order chi connectivity index (χ0) is 14.2. The Hall–Kier alpha value is -1.72. The van der Waals surface area contributed by atoms with Gasteiger partial charge in [0.1, 0.15) is 0 Å². The summed E-state index contributed by atoms with van der Waals surface area (Å²) in [6.07, 6.45) is 0. The van der Waals surface area contributed by atoms with E-state index in [1.807, 2.05) is 12.1 Å². The summed E-state index contributed by atoms with van der Waals surface area (Å²) in [4.78, 5) is 2.43. The van der Waals surface area contributed by atoms with E-state index in [1.54, 1.807) is 0 Å². The second-order valence-corrected chi connectivity index (χ2v) is 6.24. The molecule has 5 nitrogen and oxygen atoms in total. The lowest BCUT2D eigenvalue weighted by atomic mass is 10.0. The van der Waals surface area contributed by atoms with Gasteiger partial charge in [-0.25, -0.2) is 0 Å². The molecular formula is C16H20N4O. The van der Waals surface area contributed by atoms with E-state index in [2.05, 4.69) is 39.5 Å². The third-order valence-corrected chi connectivity index (χ3v) is 4.59. The largest absolute Gasteiger partial charge is 0.419 e. The van der Waals surface area contributed by atoms with Gasteiger partial charge in [0, 0.05) is 18.7 Å². The van der Waals surface area contributed by atoms with Gasteiger partial charge in [-0.2, -0.15) is 0 Å². The number of rotatable bonds is 3. The van der Waals surface area contributed by atoms with Gasteiger partial charge in [0.25, 0.3) is 0 Å². The predicted molar refractivity (Wildman–Crippen MR) is 79.6 cm³/mol. The van der Waals surface area contributed by atoms with E-state index in [1.165, 1.54) is 5.56 Å². The number of nitrogens with zero attached hydrogens (tertiary/aromatic N) is 3. The van der Waals surface area contributed by atoms with Crippen molar-refractivity contribution in [1.29, 1.82) is 0 Å². The molecule has 0 amide bonds. The number of fused-ring (bicyclic) bond motifs is 1. The lowest BCUT2D eigenvalue weighted by molar-refractivity contribution is 0.273. The standard InChI is InChI=1S/C16H20N4O/c1-11-2-4-12(5-3-11)16-19-18-15(21-16)10-20-8-13-6-17-7-14(13)9-20/h2-5,13-14,17H,6-10H2,1H3/t13-,14+. The first kappa shape index (κ1) is 13.0. The fourth-order valence-corrected chi connectivity index (χ4v) is 3.40. The Morgan fingerprint density at radius 3 is 2.57 bits per heavy atom. The van der Waals surface area contributed by atoms with Crippen LogP contribution in [0.3, 0.4) is 0 Å². The quantitative estimate of drug-likeness (QED) is 0.929. The fourth-order valence-electron chi connectivity index (χ4n) is 3.40. The maximum absolute atomic E-state index is 5.81. The Morgan fingerprint density at radius 1 is 1.14 bits per heavy atom. The van der Waals surface area contributed by atoms with Crippen LogP contribution >= 0.6 is 0 Å². The van der Waals surface area contributed by atoms with Crippen LogP contribution in [0.5, 0.6) is 0 Å². The Balaban J connectivity index is 1.44. The topological polar surface area (TPSA) is 54.2 Å². The molecule has 2 fully saturated rings. The van der Waals surface area contributed by atoms with Crippen molar-refractivity contribution >= 4 is 0 Å². The minimum atomic E-state index is 0.617. The van der Waals surface area contributed by atoms with Crippen LogP contribution in [-0.2, 0) is 6.54 Å². The number of nitrogens with one attached hydrogen (secondary N) is 1. The van der Waals surface area contributed by atoms with Crippen LogP contribution in [0.1, 0.15) is 11.5 Å². The maximum Gasteiger partial charge on any atom is 0.247 e. The highest BCUT2D eigenvalue weighted by molar-refractivity contribution is 5.52. The third kappa shape index (κ3) is 2.59. The van der Waals surface area contributed by atoms with Gasteiger partial charge in [-0.15, -0.1) is 10.2 Å². The number of hydrogen-bond acceptors (Lipinski definition) is 5. The molecule has 0 spiro atoms. The molecule has 2 aliphatic heterocycles. The van der Waals surface area contributed by atoms with E-state index < -0.39 is 0 Å². The molecule has 2 aliphatic rings. The van der Waals surface area contributed by atoms with Crippen molar-refractivity contribution in [2.24, 2.45) is 11.8 Å². The van der Waals surface area contributed by atoms with Crippen molar-refractivity contribution in [2.45, 2.75) is 13.5 Å². The van der Waals surface area contributed by atoms with Crippen LogP contribution in [0.4, 0.5) is 0 Å². The van der Waals surface area contributed by atoms with Gasteiger partial charge in [0.05, 0.1) is 6.54 Å². The Morgan fingerprint density at radius 2 is 1.86 bits per heavy atom. The van der Waals surface area contributed by atoms with Crippen LogP contribution in [-0.4, -0.2) is 41.3 Å². The van der Waals surface area contributed by atoms with Gasteiger partial charge in [-0.05, 0) is 44.0 Å². The lowest BCUT2D eigenvalue weighted by Gasteiger charge is -2.13. The predicted octanol–water partition coefficient (Wildman–Crippen LogP) is 1.70. The van der Waals surface area contributed by atoms with Crippen molar-refractivity contribution in [3.63, 3.8) is 0 Å². The van der Waals surface area contributed by atoms with Gasteiger partial charge >= 0.3 is 0 Å². The van der Waals surface area contributed by atoms with Crippen molar-refractivity contribution in [3.8, 4) is 11.5 Å². The van der Waals surface area contributed by atoms with Crippen molar-refractivity contribution in [2.75, 3.05) is 26.2 Å². The second-order valence-electron chi connectivity index (χ2n) is 6.24. The molecule has 0 aliphatic carbocycles. The molecule has 110 valence electrons. The van der Waals surface area contributed by atoms with Crippen LogP contribution in [0.15, 0.2) is 28.7 Å². The molecule has 2 saturated heterocycles. The Kier molecular flexibility index (Phi) is 3.24. The van der Waals surface area contributed by atoms with Crippen molar-refractivity contribution in [3.05, 3.63) is 35.7 Å². The molecule has 0 bridgehead atoms. The van der Waals surface area contributed by atoms with Crippen LogP contribution < -0.4 is 5.32 Å². The monoisotopic (exact) mass is 284 g/mol. The van der Waals surface area contributed by atoms with E-state index in [0.29, 0.717) is 5.89 Å². The summed E-state index contributed by atoms with van der Waals surface area (Å²) in [6, 6.07) is 8.18. The lowest BCUT2D eigenvalue weighted by Crippen LogP contribution is -2.25. The first-order valence-electron chi connectivity index (χ1n) is 7.60. The van der Waals surface area contributed by atoms with Gasteiger partial charge in [0.15, 0.2) is 0 Å². The number of aryl methyl sites for hydroxylation is 1. The van der Waals surface area contributed by atoms with E-state index in [4.69, 9.17) is 4.42 Å². The van der Waals surface area contributed by atoms with Crippen molar-refractivity contribution in [1.82, 2.24) is 20.4 Å². The molecule has 2 atom stereocenters. The SMILES string of the molecule is Cc1ccc(-c2nnc(CN3C[C@H]4CNC[C@H]4C3)o2)cc1. The maximum atomic E-state index is 5.81. The smallest absolute Gasteiger partial charge is 0.247 e. The summed E-state index contributed by atoms with van der Waals surface area (Å²) >= 11 is 0. The average molecular weight is 284 g/mol. The molecule has 1 N–H and O–H groups in total. The molecule has 5 heteroatoms. The number of likely N-dealkylation sites (tertiary alicyclic amines) is 1. The first-order chi connectivity index (χ1) is 10.3. The molecule has 0 unspecified atom stereocenters. The molecular weight excluding hydrogens is 264 g/mol. The summed E-state index contributed by atoms with van der Waals surface area (Å²) in [5.74, 6) is 2.93. The second kappa shape index (κ2) is 5.24. The molecule has 2 aromatic rings. The van der Waals surface area contributed by atoms with Crippen molar-refractivity contribution < 1.29 is 4.42 Å². The highest BCUT2D eigenvalue weighted by Crippen LogP contribution is 2.27. The van der Waals surface area contributed by atoms with E-state index in [9.17, 15) is 0 Å². The van der Waals surface area contributed by atoms with Crippen LogP contribution in [0, 0.1) is 18.8 Å². The zero-order valence-electron chi connectivity index (χ0n) is 12.2. The highest BCUT2D eigenvalue weighted by Gasteiger charge is 2.36. The summed E-state index contributed by atoms with van der Waals surface area (Å²) in [6.45, 7) is 7.42. The molecule has 3 heterocycles. The molecule has 0 saturated carbocycles. The summed E-state index contributed by atoms with van der Waals surface area (Å²) in [5, 5.41) is 11.8. The molecule has 1 aromatic heterocycles. The highest BCUT2D eigenvalue weighted by atomic mass is 16.4. The Bertz CT molecular complexity index is 609. The normalized spacial score (nSPS) is 25.4. The summed E-state index contributed by atoms with van der Waals surface area (Å²) in [7, 11) is 0. The number of hydrogen-bond donors (Lipinski definition) is 1. The zero-order valence-corrected chi connectivity index (χ0v) is 12.2. The van der Waals surface area contributed by atoms with E-state index in [0.717, 1.165) is 56.0 Å². The summed E-state index contributed by atoms with van der Waals surface area (Å²) in [5.41, 5.74) is 2.22. The molecule has 1 aromatic carbocycles. The van der Waals surface area contributed by atoms with E-state index >= 15 is 0 Å². The first-order valence-corrected chi connectivity index (χ1v) is 7.60. The fraction of sp³-hybridized carbons (Fsp3) is 0.500. The minimum Gasteiger partial charge on any atom is -0.419 e. The van der Waals surface area contributed by atoms with Crippen LogP contribution in [0.25, 0.3) is 11.5 Å². The van der Waals surface area contributed by atoms with Gasteiger partial charge < -0.3 is 9.73 Å². The third-order valence-electron chi connectivity index (χ3n) is 4.59. The number of benzene rings is 1. The molecule has 0 radical (unpaired) electrons. The Labute approximate surface area is 124 Å². The minimum absolute atomic E-state index is 0.617. The number of aromatic nitrogens is 2. The summed E-state index contributed by atoms with van der Waals surface area (Å²) < 4.78 is 5.81.